The van der Waals surface area contributed by atoms with Crippen LogP contribution in [0.3, 0.4) is 0 Å². The van der Waals surface area contributed by atoms with Crippen LogP contribution in [0.2, 0.25) is 0 Å². The number of hydrogen-bond donors (Lipinski definition) is 0. The Balaban J connectivity index is 0.000000206. The molecule has 0 aliphatic heterocycles. The molecule has 4 aromatic rings. The second-order valence-corrected chi connectivity index (χ2v) is 14.7. The first-order valence-electron chi connectivity index (χ1n) is 11.1. The van der Waals surface area contributed by atoms with Crippen LogP contribution in [0.5, 0.6) is 0 Å². The number of allylic oxidation sites excluding steroid dienone is 4. The molecule has 4 heteroatoms. The Morgan fingerprint density at radius 1 is 1.00 bits per heavy atom. The average Bonchev–Trinajstić information content (AvgIpc) is 3.49. The van der Waals surface area contributed by atoms with E-state index < -0.39 is 20.8 Å². The Bertz CT molecular complexity index is 1210. The van der Waals surface area contributed by atoms with Gasteiger partial charge in [0.25, 0.3) is 0 Å². The van der Waals surface area contributed by atoms with E-state index in [1.807, 2.05) is 12.2 Å². The zero-order valence-corrected chi connectivity index (χ0v) is 23.4. The van der Waals surface area contributed by atoms with Crippen LogP contribution in [0.1, 0.15) is 37.5 Å². The molecule has 1 aromatic heterocycles. The SMILES string of the molecule is CC1(C)[C-]=CC=C1.[Cl][Zr+2][Cl].c1ccc2[cH-]c(-p3c4c(c5ccccc53)CCCC4)cc2c1. The summed E-state index contributed by atoms with van der Waals surface area (Å²) in [7, 11) is 9.59. The molecule has 0 fully saturated rings. The molecule has 32 heavy (non-hydrogen) atoms. The minimum absolute atomic E-state index is 0.208. The van der Waals surface area contributed by atoms with Crippen molar-refractivity contribution in [2.75, 3.05) is 0 Å². The van der Waals surface area contributed by atoms with E-state index in [1.165, 1.54) is 36.5 Å². The third-order valence-corrected chi connectivity index (χ3v) is 8.78. The Labute approximate surface area is 211 Å². The van der Waals surface area contributed by atoms with E-state index in [9.17, 15) is 0 Å². The second-order valence-electron chi connectivity index (χ2n) is 8.79. The number of benzene rings is 2. The van der Waals surface area contributed by atoms with E-state index in [-0.39, 0.29) is 12.9 Å². The van der Waals surface area contributed by atoms with Crippen LogP contribution < -0.4 is 0 Å². The summed E-state index contributed by atoms with van der Waals surface area (Å²) >= 11 is -0.826. The maximum atomic E-state index is 4.93. The number of rotatable bonds is 1. The minimum atomic E-state index is -0.826. The molecule has 0 bridgehead atoms. The van der Waals surface area contributed by atoms with Crippen molar-refractivity contribution in [3.05, 3.63) is 95.8 Å². The molecule has 3 aromatic carbocycles. The fraction of sp³-hybridized carbons (Fsp3) is 0.250. The van der Waals surface area contributed by atoms with Gasteiger partial charge in [-0.2, -0.15) is 12.1 Å². The standard InChI is InChI=1S/C21H18P.C7H9.2ClH.Zr/c1-2-8-16-14-17(13-15(16)7-1)22-20-11-5-3-9-18(20)19-10-4-6-12-21(19)22;1-7(2)5-3-4-6-7;;;/h1-3,5,7-9,11,13-14H,4,6,10,12H2;3-5H,1-2H3;2*1H;/q2*-1;;;+4/p-2. The number of aryl methyl sites for hydroxylation is 1. The third-order valence-electron chi connectivity index (χ3n) is 6.10. The van der Waals surface area contributed by atoms with Crippen molar-refractivity contribution < 1.29 is 20.8 Å². The molecule has 1 heterocycles. The fourth-order valence-corrected chi connectivity index (χ4v) is 7.64. The number of halogens is 2. The summed E-state index contributed by atoms with van der Waals surface area (Å²) in [6.45, 7) is 4.26. The van der Waals surface area contributed by atoms with Crippen LogP contribution in [-0.2, 0) is 33.7 Å². The fourth-order valence-electron chi connectivity index (χ4n) is 4.65. The summed E-state index contributed by atoms with van der Waals surface area (Å²) < 4.78 is 0. The Kier molecular flexibility index (Phi) is 8.29. The van der Waals surface area contributed by atoms with Crippen LogP contribution >= 0.6 is 24.6 Å². The molecular formula is C28H27Cl2PZr. The van der Waals surface area contributed by atoms with Crippen LogP contribution in [0.15, 0.2) is 78.9 Å². The molecule has 0 N–H and O–H groups in total. The monoisotopic (exact) mass is 554 g/mol. The third kappa shape index (κ3) is 5.39. The molecule has 162 valence electrons. The zero-order chi connectivity index (χ0) is 22.6. The summed E-state index contributed by atoms with van der Waals surface area (Å²) in [5.74, 6) is 0. The number of fused-ring (bicyclic) bond motifs is 4. The smallest absolute Gasteiger partial charge is 0.00467 e. The summed E-state index contributed by atoms with van der Waals surface area (Å²) in [5.41, 5.74) is 1.89. The van der Waals surface area contributed by atoms with Gasteiger partial charge in [-0.1, -0.05) is 54.9 Å². The minimum Gasteiger partial charge on any atom is -0.157 e. The molecule has 1 unspecified atom stereocenters. The van der Waals surface area contributed by atoms with Gasteiger partial charge in [0.05, 0.1) is 0 Å². The van der Waals surface area contributed by atoms with Crippen molar-refractivity contribution in [1.82, 2.24) is 0 Å². The Morgan fingerprint density at radius 3 is 2.41 bits per heavy atom. The predicted octanol–water partition coefficient (Wildman–Crippen LogP) is 9.88. The Hall–Kier alpha value is -0.967. The predicted molar refractivity (Wildman–Crippen MR) is 140 cm³/mol. The van der Waals surface area contributed by atoms with Crippen molar-refractivity contribution >= 4 is 45.8 Å². The molecule has 0 saturated heterocycles. The molecule has 0 spiro atoms. The molecular weight excluding hydrogens is 529 g/mol. The van der Waals surface area contributed by atoms with Crippen molar-refractivity contribution in [1.29, 1.82) is 0 Å². The molecule has 0 nitrogen and oxygen atoms in total. The van der Waals surface area contributed by atoms with Crippen molar-refractivity contribution in [2.45, 2.75) is 39.5 Å². The van der Waals surface area contributed by atoms with Crippen LogP contribution in [0.4, 0.5) is 0 Å². The largest absolute Gasteiger partial charge is 0.157 e. The van der Waals surface area contributed by atoms with E-state index in [0.29, 0.717) is 0 Å². The van der Waals surface area contributed by atoms with E-state index in [2.05, 4.69) is 86.7 Å². The van der Waals surface area contributed by atoms with E-state index in [4.69, 9.17) is 17.0 Å². The van der Waals surface area contributed by atoms with Gasteiger partial charge in [-0.3, -0.25) is 6.08 Å². The molecule has 2 aliphatic carbocycles. The van der Waals surface area contributed by atoms with E-state index in [0.717, 1.165) is 0 Å². The Morgan fingerprint density at radius 2 is 1.72 bits per heavy atom. The van der Waals surface area contributed by atoms with E-state index >= 15 is 0 Å². The van der Waals surface area contributed by atoms with Crippen molar-refractivity contribution in [3.63, 3.8) is 0 Å². The maximum Gasteiger partial charge on any atom is 0.00467 e. The quantitative estimate of drug-likeness (QED) is 0.205. The van der Waals surface area contributed by atoms with Gasteiger partial charge in [0, 0.05) is 5.12 Å². The van der Waals surface area contributed by atoms with Gasteiger partial charge in [-0.25, -0.2) is 12.2 Å². The molecule has 1 atom stereocenters. The van der Waals surface area contributed by atoms with E-state index in [1.54, 1.807) is 26.7 Å². The number of hydrogen-bond acceptors (Lipinski definition) is 0. The summed E-state index contributed by atoms with van der Waals surface area (Å²) in [5, 5.41) is 9.24. The van der Waals surface area contributed by atoms with Gasteiger partial charge in [-0.15, -0.1) is 42.6 Å². The molecule has 0 saturated carbocycles. The van der Waals surface area contributed by atoms with Crippen LogP contribution in [-0.4, -0.2) is 0 Å². The van der Waals surface area contributed by atoms with Crippen LogP contribution in [0.25, 0.3) is 26.6 Å². The van der Waals surface area contributed by atoms with Gasteiger partial charge < -0.3 is 0 Å². The normalized spacial score (nSPS) is 16.1. The van der Waals surface area contributed by atoms with Gasteiger partial charge in [-0.05, 0) is 41.9 Å². The second kappa shape index (κ2) is 11.0. The molecule has 2 aliphatic rings. The van der Waals surface area contributed by atoms with Gasteiger partial charge in [0.2, 0.25) is 0 Å². The first-order valence-corrected chi connectivity index (χ1v) is 18.7. The zero-order valence-electron chi connectivity index (χ0n) is 18.5. The van der Waals surface area contributed by atoms with Gasteiger partial charge in [0.15, 0.2) is 0 Å². The molecule has 0 radical (unpaired) electrons. The summed E-state index contributed by atoms with van der Waals surface area (Å²) in [4.78, 5) is 0. The summed E-state index contributed by atoms with van der Waals surface area (Å²) in [6.07, 6.45) is 14.6. The van der Waals surface area contributed by atoms with Crippen LogP contribution in [0, 0.1) is 11.5 Å². The van der Waals surface area contributed by atoms with Crippen molar-refractivity contribution in [3.8, 4) is 5.30 Å². The maximum absolute atomic E-state index is 4.93. The molecule has 6 rings (SSSR count). The van der Waals surface area contributed by atoms with Gasteiger partial charge in [0.1, 0.15) is 0 Å². The average molecular weight is 557 g/mol. The molecule has 0 amide bonds. The van der Waals surface area contributed by atoms with Crippen molar-refractivity contribution in [2.24, 2.45) is 5.41 Å². The first kappa shape index (κ1) is 24.2. The first-order chi connectivity index (χ1) is 15.5. The van der Waals surface area contributed by atoms with Gasteiger partial charge >= 0.3 is 37.9 Å². The summed E-state index contributed by atoms with van der Waals surface area (Å²) in [6, 6.07) is 22.8. The topological polar surface area (TPSA) is 0 Å².